The number of amides is 1. The van der Waals surface area contributed by atoms with Gasteiger partial charge in [0.2, 0.25) is 5.91 Å². The lowest BCUT2D eigenvalue weighted by Crippen LogP contribution is -2.53. The summed E-state index contributed by atoms with van der Waals surface area (Å²) in [5.41, 5.74) is 0. The van der Waals surface area contributed by atoms with Crippen LogP contribution in [-0.2, 0) is 4.79 Å². The van der Waals surface area contributed by atoms with Crippen molar-refractivity contribution in [3.63, 3.8) is 0 Å². The van der Waals surface area contributed by atoms with Crippen molar-refractivity contribution in [2.24, 2.45) is 0 Å². The van der Waals surface area contributed by atoms with E-state index in [-0.39, 0.29) is 0 Å². The van der Waals surface area contributed by atoms with Crippen molar-refractivity contribution in [2.45, 2.75) is 237 Å². The SMILES string of the molecule is CCCC/C=C\CCCCCC(O)C(=O)NC(CO)C(O)C(O)CCCCCCCCCCCCCCCCCCCCCCCC. The third-order valence-electron chi connectivity index (χ3n) is 9.73. The number of unbranched alkanes of at least 4 members (excludes halogenated alkanes) is 26. The lowest BCUT2D eigenvalue weighted by Gasteiger charge is -2.27. The van der Waals surface area contributed by atoms with E-state index < -0.39 is 36.9 Å². The van der Waals surface area contributed by atoms with Crippen molar-refractivity contribution in [3.8, 4) is 0 Å². The van der Waals surface area contributed by atoms with E-state index >= 15 is 0 Å². The van der Waals surface area contributed by atoms with Gasteiger partial charge in [-0.3, -0.25) is 4.79 Å². The van der Waals surface area contributed by atoms with Crippen molar-refractivity contribution in [2.75, 3.05) is 6.61 Å². The highest BCUT2D eigenvalue weighted by atomic mass is 16.3. The predicted molar refractivity (Wildman–Crippen MR) is 201 cm³/mol. The Balaban J connectivity index is 3.66. The van der Waals surface area contributed by atoms with Crippen LogP contribution in [0.15, 0.2) is 12.2 Å². The van der Waals surface area contributed by atoms with Crippen LogP contribution in [0.5, 0.6) is 0 Å². The third kappa shape index (κ3) is 30.8. The van der Waals surface area contributed by atoms with Crippen molar-refractivity contribution in [1.82, 2.24) is 5.32 Å². The van der Waals surface area contributed by atoms with E-state index in [4.69, 9.17) is 0 Å². The molecular weight excluding hydrogens is 586 g/mol. The minimum absolute atomic E-state index is 0.349. The van der Waals surface area contributed by atoms with Gasteiger partial charge in [-0.05, 0) is 32.1 Å². The summed E-state index contributed by atoms with van der Waals surface area (Å²) in [4.78, 5) is 12.4. The van der Waals surface area contributed by atoms with Crippen LogP contribution in [0.3, 0.4) is 0 Å². The van der Waals surface area contributed by atoms with E-state index in [0.29, 0.717) is 12.8 Å². The fourth-order valence-electron chi connectivity index (χ4n) is 6.38. The molecule has 0 aliphatic rings. The van der Waals surface area contributed by atoms with E-state index in [0.717, 1.165) is 51.4 Å². The van der Waals surface area contributed by atoms with Gasteiger partial charge in [-0.15, -0.1) is 0 Å². The molecular formula is C41H81NO5. The highest BCUT2D eigenvalue weighted by molar-refractivity contribution is 5.80. The number of carbonyl (C=O) groups is 1. The fraction of sp³-hybridized carbons (Fsp3) is 0.927. The average Bonchev–Trinajstić information content (AvgIpc) is 3.07. The largest absolute Gasteiger partial charge is 0.394 e. The first-order valence-corrected chi connectivity index (χ1v) is 20.6. The summed E-state index contributed by atoms with van der Waals surface area (Å²) < 4.78 is 0. The molecule has 0 radical (unpaired) electrons. The monoisotopic (exact) mass is 668 g/mol. The first-order chi connectivity index (χ1) is 23.0. The van der Waals surface area contributed by atoms with Crippen LogP contribution in [0.25, 0.3) is 0 Å². The Bertz CT molecular complexity index is 672. The van der Waals surface area contributed by atoms with Gasteiger partial charge in [-0.2, -0.15) is 0 Å². The summed E-state index contributed by atoms with van der Waals surface area (Å²) in [6.45, 7) is 3.98. The lowest BCUT2D eigenvalue weighted by atomic mass is 9.99. The zero-order valence-electron chi connectivity index (χ0n) is 31.3. The number of hydrogen-bond donors (Lipinski definition) is 5. The second-order valence-electron chi connectivity index (χ2n) is 14.3. The van der Waals surface area contributed by atoms with Gasteiger partial charge in [0.1, 0.15) is 12.2 Å². The zero-order chi connectivity index (χ0) is 34.6. The number of aliphatic hydroxyl groups excluding tert-OH is 4. The number of nitrogens with one attached hydrogen (secondary N) is 1. The highest BCUT2D eigenvalue weighted by Crippen LogP contribution is 2.17. The number of allylic oxidation sites excluding steroid dienone is 2. The molecule has 0 aromatic carbocycles. The molecule has 0 rings (SSSR count). The molecule has 1 amide bonds. The quantitative estimate of drug-likeness (QED) is 0.0335. The Hall–Kier alpha value is -0.950. The maximum Gasteiger partial charge on any atom is 0.249 e. The number of carbonyl (C=O) groups excluding carboxylic acids is 1. The van der Waals surface area contributed by atoms with Crippen LogP contribution in [0.1, 0.15) is 213 Å². The standard InChI is InChI=1S/C41H81NO5/c1-3-5-7-9-11-13-14-15-16-17-18-19-20-21-22-23-24-25-27-28-30-32-34-38(44)40(46)37(36-43)42-41(47)39(45)35-33-31-29-26-12-10-8-6-4-2/h10,12,37-40,43-46H,3-9,11,13-36H2,1-2H3,(H,42,47)/b12-10-. The summed E-state index contributed by atoms with van der Waals surface area (Å²) in [6, 6.07) is -0.986. The van der Waals surface area contributed by atoms with E-state index in [1.807, 2.05) is 0 Å². The van der Waals surface area contributed by atoms with Gasteiger partial charge >= 0.3 is 0 Å². The molecule has 0 aromatic rings. The second kappa shape index (κ2) is 36.3. The molecule has 4 atom stereocenters. The summed E-state index contributed by atoms with van der Waals surface area (Å²) in [7, 11) is 0. The molecule has 0 aliphatic heterocycles. The lowest BCUT2D eigenvalue weighted by molar-refractivity contribution is -0.132. The molecule has 6 heteroatoms. The smallest absolute Gasteiger partial charge is 0.249 e. The second-order valence-corrected chi connectivity index (χ2v) is 14.3. The predicted octanol–water partition coefficient (Wildman–Crippen LogP) is 10.2. The molecule has 0 saturated heterocycles. The minimum atomic E-state index is -1.26. The van der Waals surface area contributed by atoms with Crippen LogP contribution in [0, 0.1) is 0 Å². The minimum Gasteiger partial charge on any atom is -0.394 e. The molecule has 0 spiro atoms. The van der Waals surface area contributed by atoms with Crippen LogP contribution in [0.4, 0.5) is 0 Å². The number of aliphatic hydroxyl groups is 4. The van der Waals surface area contributed by atoms with Crippen molar-refractivity contribution < 1.29 is 25.2 Å². The zero-order valence-corrected chi connectivity index (χ0v) is 31.3. The fourth-order valence-corrected chi connectivity index (χ4v) is 6.38. The van der Waals surface area contributed by atoms with Gasteiger partial charge in [0, 0.05) is 0 Å². The average molecular weight is 668 g/mol. The molecule has 280 valence electrons. The first kappa shape index (κ1) is 46.0. The van der Waals surface area contributed by atoms with Gasteiger partial charge in [0.05, 0.1) is 18.8 Å². The van der Waals surface area contributed by atoms with Crippen LogP contribution in [-0.4, -0.2) is 57.3 Å². The van der Waals surface area contributed by atoms with Crippen molar-refractivity contribution >= 4 is 5.91 Å². The maximum absolute atomic E-state index is 12.4. The van der Waals surface area contributed by atoms with E-state index in [1.165, 1.54) is 135 Å². The molecule has 0 aromatic heterocycles. The normalized spacial score (nSPS) is 14.4. The maximum atomic E-state index is 12.4. The van der Waals surface area contributed by atoms with Gasteiger partial charge in [-0.25, -0.2) is 0 Å². The van der Waals surface area contributed by atoms with E-state index in [2.05, 4.69) is 31.3 Å². The first-order valence-electron chi connectivity index (χ1n) is 20.6. The van der Waals surface area contributed by atoms with Crippen LogP contribution < -0.4 is 5.32 Å². The number of hydrogen-bond acceptors (Lipinski definition) is 5. The van der Waals surface area contributed by atoms with E-state index in [1.54, 1.807) is 0 Å². The molecule has 47 heavy (non-hydrogen) atoms. The molecule has 6 nitrogen and oxygen atoms in total. The third-order valence-corrected chi connectivity index (χ3v) is 9.73. The van der Waals surface area contributed by atoms with Crippen LogP contribution >= 0.6 is 0 Å². The van der Waals surface area contributed by atoms with Crippen LogP contribution in [0.2, 0.25) is 0 Å². The molecule has 0 aliphatic carbocycles. The van der Waals surface area contributed by atoms with Crippen molar-refractivity contribution in [3.05, 3.63) is 12.2 Å². The Morgan fingerprint density at radius 3 is 1.30 bits per heavy atom. The van der Waals surface area contributed by atoms with Gasteiger partial charge in [-0.1, -0.05) is 193 Å². The Morgan fingerprint density at radius 1 is 0.511 bits per heavy atom. The Kier molecular flexibility index (Phi) is 35.6. The molecule has 5 N–H and O–H groups in total. The topological polar surface area (TPSA) is 110 Å². The molecule has 0 bridgehead atoms. The molecule has 4 unspecified atom stereocenters. The Morgan fingerprint density at radius 2 is 0.872 bits per heavy atom. The van der Waals surface area contributed by atoms with E-state index in [9.17, 15) is 25.2 Å². The molecule has 0 heterocycles. The summed E-state index contributed by atoms with van der Waals surface area (Å²) in [6.07, 6.45) is 38.3. The number of rotatable bonds is 37. The summed E-state index contributed by atoms with van der Waals surface area (Å²) in [5.74, 6) is -0.598. The van der Waals surface area contributed by atoms with Gasteiger partial charge in [0.15, 0.2) is 0 Å². The molecule has 0 saturated carbocycles. The summed E-state index contributed by atoms with van der Waals surface area (Å²) in [5, 5.41) is 43.4. The Labute approximate surface area is 292 Å². The summed E-state index contributed by atoms with van der Waals surface area (Å²) >= 11 is 0. The highest BCUT2D eigenvalue weighted by Gasteiger charge is 2.28. The van der Waals surface area contributed by atoms with Crippen molar-refractivity contribution in [1.29, 1.82) is 0 Å². The van der Waals surface area contributed by atoms with Gasteiger partial charge in [0.25, 0.3) is 0 Å². The molecule has 0 fully saturated rings. The van der Waals surface area contributed by atoms with Gasteiger partial charge < -0.3 is 25.7 Å².